The summed E-state index contributed by atoms with van der Waals surface area (Å²) in [6.07, 6.45) is 3.89. The van der Waals surface area contributed by atoms with E-state index in [1.165, 1.54) is 24.8 Å². The summed E-state index contributed by atoms with van der Waals surface area (Å²) in [5.41, 5.74) is 2.13. The maximum absolute atomic E-state index is 12.2. The molecule has 2 rings (SSSR count). The zero-order valence-electron chi connectivity index (χ0n) is 14.4. The zero-order chi connectivity index (χ0) is 16.5. The van der Waals surface area contributed by atoms with Crippen LogP contribution >= 0.6 is 0 Å². The van der Waals surface area contributed by atoms with Gasteiger partial charge >= 0.3 is 0 Å². The fraction of sp³-hybridized carbons (Fsp3) is 0.611. The third kappa shape index (κ3) is 6.29. The van der Waals surface area contributed by atoms with Gasteiger partial charge in [0.2, 0.25) is 5.91 Å². The number of hydrogen-bond donors (Lipinski definition) is 1. The molecule has 0 spiro atoms. The van der Waals surface area contributed by atoms with Crippen LogP contribution in [0.15, 0.2) is 24.3 Å². The minimum atomic E-state index is 0.0229. The van der Waals surface area contributed by atoms with Gasteiger partial charge in [-0.1, -0.05) is 24.6 Å². The largest absolute Gasteiger partial charge is 0.383 e. The lowest BCUT2D eigenvalue weighted by atomic mass is 10.1. The molecule has 5 heteroatoms. The maximum Gasteiger partial charge on any atom is 0.238 e. The van der Waals surface area contributed by atoms with E-state index in [1.54, 1.807) is 7.11 Å². The summed E-state index contributed by atoms with van der Waals surface area (Å²) in [5.74, 6) is 0.0229. The number of amides is 1. The summed E-state index contributed by atoms with van der Waals surface area (Å²) < 4.78 is 5.04. The molecular formula is C18H29N3O2. The molecule has 128 valence electrons. The van der Waals surface area contributed by atoms with Gasteiger partial charge in [0, 0.05) is 25.9 Å². The molecule has 0 atom stereocenters. The first-order valence-corrected chi connectivity index (χ1v) is 8.46. The number of carbonyl (C=O) groups is 1. The van der Waals surface area contributed by atoms with Gasteiger partial charge in [-0.25, -0.2) is 0 Å². The molecule has 5 nitrogen and oxygen atoms in total. The Labute approximate surface area is 139 Å². The van der Waals surface area contributed by atoms with E-state index in [4.69, 9.17) is 4.74 Å². The minimum absolute atomic E-state index is 0.0229. The Hall–Kier alpha value is -1.43. The molecule has 0 aromatic heterocycles. The van der Waals surface area contributed by atoms with Crippen LogP contribution in [0.3, 0.4) is 0 Å². The van der Waals surface area contributed by atoms with Crippen LogP contribution in [0.2, 0.25) is 0 Å². The number of methoxy groups -OCH3 is 1. The van der Waals surface area contributed by atoms with Crippen molar-refractivity contribution in [3.8, 4) is 0 Å². The first-order chi connectivity index (χ1) is 11.2. The van der Waals surface area contributed by atoms with Crippen LogP contribution in [0.4, 0.5) is 5.69 Å². The predicted molar refractivity (Wildman–Crippen MR) is 93.6 cm³/mol. The minimum Gasteiger partial charge on any atom is -0.383 e. The number of piperidine rings is 1. The van der Waals surface area contributed by atoms with Crippen molar-refractivity contribution in [2.24, 2.45) is 0 Å². The molecule has 0 aliphatic carbocycles. The average Bonchev–Trinajstić information content (AvgIpc) is 2.55. The summed E-state index contributed by atoms with van der Waals surface area (Å²) in [6.45, 7) is 4.98. The Morgan fingerprint density at radius 1 is 1.26 bits per heavy atom. The van der Waals surface area contributed by atoms with Crippen molar-refractivity contribution < 1.29 is 9.53 Å². The number of nitrogens with one attached hydrogen (secondary N) is 1. The van der Waals surface area contributed by atoms with E-state index in [-0.39, 0.29) is 5.91 Å². The second kappa shape index (κ2) is 9.65. The van der Waals surface area contributed by atoms with E-state index < -0.39 is 0 Å². The molecule has 1 aliphatic heterocycles. The number of carbonyl (C=O) groups excluding carboxylic acids is 1. The molecule has 1 heterocycles. The number of hydrogen-bond acceptors (Lipinski definition) is 4. The Morgan fingerprint density at radius 2 is 2.00 bits per heavy atom. The van der Waals surface area contributed by atoms with Crippen molar-refractivity contribution >= 4 is 11.6 Å². The fourth-order valence-electron chi connectivity index (χ4n) is 2.90. The van der Waals surface area contributed by atoms with Gasteiger partial charge < -0.3 is 10.1 Å². The number of anilines is 1. The van der Waals surface area contributed by atoms with Crippen molar-refractivity contribution in [1.29, 1.82) is 0 Å². The molecule has 0 radical (unpaired) electrons. The van der Waals surface area contributed by atoms with Gasteiger partial charge in [-0.2, -0.15) is 0 Å². The SMILES string of the molecule is COCCN(C)CC(=O)Nc1ccccc1CN1CCCCC1. The lowest BCUT2D eigenvalue weighted by Crippen LogP contribution is -2.33. The molecule has 0 unspecified atom stereocenters. The molecule has 0 bridgehead atoms. The summed E-state index contributed by atoms with van der Waals surface area (Å²) in [6, 6.07) is 8.12. The van der Waals surface area contributed by atoms with Crippen molar-refractivity contribution in [1.82, 2.24) is 9.80 Å². The Kier molecular flexibility index (Phi) is 7.52. The van der Waals surface area contributed by atoms with E-state index in [0.717, 1.165) is 31.9 Å². The fourth-order valence-corrected chi connectivity index (χ4v) is 2.90. The third-order valence-corrected chi connectivity index (χ3v) is 4.22. The average molecular weight is 319 g/mol. The number of rotatable bonds is 8. The number of likely N-dealkylation sites (N-methyl/N-ethyl adjacent to an activating group) is 1. The van der Waals surface area contributed by atoms with Crippen LogP contribution in [0.5, 0.6) is 0 Å². The van der Waals surface area contributed by atoms with E-state index in [0.29, 0.717) is 13.2 Å². The molecule has 1 N–H and O–H groups in total. The molecular weight excluding hydrogens is 290 g/mol. The highest BCUT2D eigenvalue weighted by Crippen LogP contribution is 2.19. The molecule has 1 saturated heterocycles. The van der Waals surface area contributed by atoms with E-state index >= 15 is 0 Å². The number of benzene rings is 1. The molecule has 1 aromatic rings. The van der Waals surface area contributed by atoms with E-state index in [2.05, 4.69) is 16.3 Å². The van der Waals surface area contributed by atoms with Crippen LogP contribution in [0, 0.1) is 0 Å². The topological polar surface area (TPSA) is 44.8 Å². The van der Waals surface area contributed by atoms with Crippen molar-refractivity contribution in [2.75, 3.05) is 52.3 Å². The monoisotopic (exact) mass is 319 g/mol. The van der Waals surface area contributed by atoms with Crippen molar-refractivity contribution in [3.63, 3.8) is 0 Å². The molecule has 1 aliphatic rings. The molecule has 1 amide bonds. The number of likely N-dealkylation sites (tertiary alicyclic amines) is 1. The highest BCUT2D eigenvalue weighted by Gasteiger charge is 2.14. The smallest absolute Gasteiger partial charge is 0.238 e. The standard InChI is InChI=1S/C18H29N3O2/c1-20(12-13-23-2)15-18(22)19-17-9-5-4-8-16(17)14-21-10-6-3-7-11-21/h4-5,8-9H,3,6-7,10-15H2,1-2H3,(H,19,22). The lowest BCUT2D eigenvalue weighted by Gasteiger charge is -2.27. The van der Waals surface area contributed by atoms with Crippen LogP contribution in [0.1, 0.15) is 24.8 Å². The van der Waals surface area contributed by atoms with Gasteiger partial charge in [0.1, 0.15) is 0 Å². The Balaban J connectivity index is 1.90. The van der Waals surface area contributed by atoms with Gasteiger partial charge in [-0.3, -0.25) is 14.6 Å². The van der Waals surface area contributed by atoms with Crippen LogP contribution in [-0.4, -0.2) is 62.7 Å². The normalized spacial score (nSPS) is 15.8. The first-order valence-electron chi connectivity index (χ1n) is 8.46. The Bertz CT molecular complexity index is 487. The summed E-state index contributed by atoms with van der Waals surface area (Å²) in [7, 11) is 3.60. The Morgan fingerprint density at radius 3 is 2.74 bits per heavy atom. The molecule has 0 saturated carbocycles. The van der Waals surface area contributed by atoms with Crippen molar-refractivity contribution in [3.05, 3.63) is 29.8 Å². The van der Waals surface area contributed by atoms with E-state index in [9.17, 15) is 4.79 Å². The molecule has 23 heavy (non-hydrogen) atoms. The highest BCUT2D eigenvalue weighted by atomic mass is 16.5. The number of nitrogens with zero attached hydrogens (tertiary/aromatic N) is 2. The summed E-state index contributed by atoms with van der Waals surface area (Å²) in [5, 5.41) is 3.06. The number of ether oxygens (including phenoxy) is 1. The van der Waals surface area contributed by atoms with Crippen LogP contribution in [0.25, 0.3) is 0 Å². The van der Waals surface area contributed by atoms with Gasteiger partial charge in [0.05, 0.1) is 13.2 Å². The quantitative estimate of drug-likeness (QED) is 0.798. The summed E-state index contributed by atoms with van der Waals surface area (Å²) in [4.78, 5) is 16.7. The zero-order valence-corrected chi connectivity index (χ0v) is 14.4. The van der Waals surface area contributed by atoms with Crippen LogP contribution in [-0.2, 0) is 16.1 Å². The van der Waals surface area contributed by atoms with Gasteiger partial charge in [-0.05, 0) is 44.6 Å². The van der Waals surface area contributed by atoms with Crippen LogP contribution < -0.4 is 5.32 Å². The molecule has 1 aromatic carbocycles. The predicted octanol–water partition coefficient (Wildman–Crippen LogP) is 2.19. The summed E-state index contributed by atoms with van der Waals surface area (Å²) >= 11 is 0. The highest BCUT2D eigenvalue weighted by molar-refractivity contribution is 5.92. The van der Waals surface area contributed by atoms with Gasteiger partial charge in [0.15, 0.2) is 0 Å². The van der Waals surface area contributed by atoms with Crippen molar-refractivity contribution in [2.45, 2.75) is 25.8 Å². The number of para-hydroxylation sites is 1. The van der Waals surface area contributed by atoms with Gasteiger partial charge in [-0.15, -0.1) is 0 Å². The lowest BCUT2D eigenvalue weighted by molar-refractivity contribution is -0.117. The van der Waals surface area contributed by atoms with E-state index in [1.807, 2.05) is 30.1 Å². The second-order valence-corrected chi connectivity index (χ2v) is 6.27. The van der Waals surface area contributed by atoms with Gasteiger partial charge in [0.25, 0.3) is 0 Å². The second-order valence-electron chi connectivity index (χ2n) is 6.27. The first kappa shape index (κ1) is 17.9. The maximum atomic E-state index is 12.2. The third-order valence-electron chi connectivity index (χ3n) is 4.22. The molecule has 1 fully saturated rings.